The molecular weight excluding hydrogens is 306 g/mol. The van der Waals surface area contributed by atoms with Crippen molar-refractivity contribution in [3.05, 3.63) is 36.9 Å². The summed E-state index contributed by atoms with van der Waals surface area (Å²) in [4.78, 5) is 28.0. The first kappa shape index (κ1) is 16.5. The van der Waals surface area contributed by atoms with Crippen molar-refractivity contribution >= 4 is 23.2 Å². The Morgan fingerprint density at radius 3 is 2.62 bits per heavy atom. The number of ether oxygens (including phenoxy) is 1. The zero-order valence-corrected chi connectivity index (χ0v) is 13.7. The molecule has 2 aliphatic rings. The highest BCUT2D eigenvalue weighted by Gasteiger charge is 2.26. The van der Waals surface area contributed by atoms with E-state index in [1.54, 1.807) is 4.90 Å². The Balaban J connectivity index is 1.67. The molecule has 6 heteroatoms. The summed E-state index contributed by atoms with van der Waals surface area (Å²) in [5, 5.41) is 2.99. The van der Waals surface area contributed by atoms with E-state index in [1.165, 1.54) is 6.08 Å². The summed E-state index contributed by atoms with van der Waals surface area (Å²) in [6, 6.07) is 7.77. The fourth-order valence-electron chi connectivity index (χ4n) is 3.15. The van der Waals surface area contributed by atoms with Gasteiger partial charge < -0.3 is 19.9 Å². The lowest BCUT2D eigenvalue weighted by molar-refractivity contribution is -0.126. The van der Waals surface area contributed by atoms with Crippen molar-refractivity contribution in [1.29, 1.82) is 0 Å². The average molecular weight is 329 g/mol. The molecule has 1 aromatic rings. The van der Waals surface area contributed by atoms with Crippen LogP contribution in [0.1, 0.15) is 12.8 Å². The normalized spacial score (nSPS) is 20.8. The highest BCUT2D eigenvalue weighted by molar-refractivity contribution is 5.97. The molecule has 2 saturated heterocycles. The SMILES string of the molecule is C=CC(=O)N1CCN(c2ccccc2NC(=O)[C@H]2CCCO2)CC1. The zero-order chi connectivity index (χ0) is 16.9. The third-order valence-electron chi connectivity index (χ3n) is 4.49. The molecule has 3 rings (SSSR count). The number of rotatable bonds is 4. The Morgan fingerprint density at radius 1 is 1.21 bits per heavy atom. The maximum absolute atomic E-state index is 12.3. The maximum Gasteiger partial charge on any atom is 0.253 e. The van der Waals surface area contributed by atoms with Crippen LogP contribution in [0, 0.1) is 0 Å². The van der Waals surface area contributed by atoms with Gasteiger partial charge in [-0.25, -0.2) is 0 Å². The Morgan fingerprint density at radius 2 is 1.96 bits per heavy atom. The second-order valence-corrected chi connectivity index (χ2v) is 6.02. The van der Waals surface area contributed by atoms with Crippen LogP contribution >= 0.6 is 0 Å². The molecule has 1 atom stereocenters. The third kappa shape index (κ3) is 3.59. The fraction of sp³-hybridized carbons (Fsp3) is 0.444. The molecule has 0 bridgehead atoms. The monoisotopic (exact) mass is 329 g/mol. The molecule has 0 aromatic heterocycles. The van der Waals surface area contributed by atoms with Gasteiger partial charge in [0.05, 0.1) is 11.4 Å². The lowest BCUT2D eigenvalue weighted by Crippen LogP contribution is -2.48. The molecular formula is C18H23N3O3. The van der Waals surface area contributed by atoms with Crippen molar-refractivity contribution in [3.8, 4) is 0 Å². The summed E-state index contributed by atoms with van der Waals surface area (Å²) < 4.78 is 5.45. The summed E-state index contributed by atoms with van der Waals surface area (Å²) in [7, 11) is 0. The predicted molar refractivity (Wildman–Crippen MR) is 93.0 cm³/mol. The standard InChI is InChI=1S/C18H23N3O3/c1-2-17(22)21-11-9-20(10-12-21)15-7-4-3-6-14(15)19-18(23)16-8-5-13-24-16/h2-4,6-7,16H,1,5,8-13H2,(H,19,23)/t16-/m1/s1. The number of benzene rings is 1. The first-order valence-corrected chi connectivity index (χ1v) is 8.37. The van der Waals surface area contributed by atoms with E-state index in [9.17, 15) is 9.59 Å². The zero-order valence-electron chi connectivity index (χ0n) is 13.7. The lowest BCUT2D eigenvalue weighted by atomic mass is 10.2. The summed E-state index contributed by atoms with van der Waals surface area (Å²) >= 11 is 0. The quantitative estimate of drug-likeness (QED) is 0.853. The molecule has 24 heavy (non-hydrogen) atoms. The summed E-state index contributed by atoms with van der Waals surface area (Å²) in [6.07, 6.45) is 2.71. The molecule has 0 aliphatic carbocycles. The second-order valence-electron chi connectivity index (χ2n) is 6.02. The Bertz CT molecular complexity index is 618. The molecule has 0 saturated carbocycles. The first-order valence-electron chi connectivity index (χ1n) is 8.37. The van der Waals surface area contributed by atoms with Crippen molar-refractivity contribution in [2.45, 2.75) is 18.9 Å². The van der Waals surface area contributed by atoms with E-state index in [0.717, 1.165) is 37.3 Å². The molecule has 0 unspecified atom stereocenters. The number of piperazine rings is 1. The number of carbonyl (C=O) groups excluding carboxylic acids is 2. The number of para-hydroxylation sites is 2. The van der Waals surface area contributed by atoms with Gasteiger partial charge >= 0.3 is 0 Å². The van der Waals surface area contributed by atoms with Crippen LogP contribution in [0.15, 0.2) is 36.9 Å². The van der Waals surface area contributed by atoms with E-state index < -0.39 is 0 Å². The van der Waals surface area contributed by atoms with Crippen molar-refractivity contribution < 1.29 is 14.3 Å². The number of carbonyl (C=O) groups is 2. The van der Waals surface area contributed by atoms with Crippen LogP contribution < -0.4 is 10.2 Å². The van der Waals surface area contributed by atoms with Crippen LogP contribution in [0.3, 0.4) is 0 Å². The van der Waals surface area contributed by atoms with E-state index in [-0.39, 0.29) is 17.9 Å². The predicted octanol–water partition coefficient (Wildman–Crippen LogP) is 1.64. The molecule has 2 heterocycles. The molecule has 2 amide bonds. The summed E-state index contributed by atoms with van der Waals surface area (Å²) in [6.45, 7) is 6.95. The number of nitrogens with one attached hydrogen (secondary N) is 1. The number of nitrogens with zero attached hydrogens (tertiary/aromatic N) is 2. The van der Waals surface area contributed by atoms with Gasteiger partial charge in [0.15, 0.2) is 0 Å². The van der Waals surface area contributed by atoms with Crippen molar-refractivity contribution in [3.63, 3.8) is 0 Å². The van der Waals surface area contributed by atoms with Crippen LogP contribution in [-0.2, 0) is 14.3 Å². The summed E-state index contributed by atoms with van der Waals surface area (Å²) in [5.41, 5.74) is 1.77. The van der Waals surface area contributed by atoms with Gasteiger partial charge in [-0.2, -0.15) is 0 Å². The van der Waals surface area contributed by atoms with Crippen molar-refractivity contribution in [1.82, 2.24) is 4.90 Å². The lowest BCUT2D eigenvalue weighted by Gasteiger charge is -2.36. The van der Waals surface area contributed by atoms with Crippen LogP contribution in [0.2, 0.25) is 0 Å². The van der Waals surface area contributed by atoms with Crippen LogP contribution in [0.25, 0.3) is 0 Å². The van der Waals surface area contributed by atoms with E-state index in [0.29, 0.717) is 19.7 Å². The van der Waals surface area contributed by atoms with E-state index in [1.807, 2.05) is 24.3 Å². The van der Waals surface area contributed by atoms with E-state index in [4.69, 9.17) is 4.74 Å². The van der Waals surface area contributed by atoms with Crippen LogP contribution in [0.5, 0.6) is 0 Å². The van der Waals surface area contributed by atoms with Crippen LogP contribution in [-0.4, -0.2) is 55.6 Å². The maximum atomic E-state index is 12.3. The first-order chi connectivity index (χ1) is 11.7. The average Bonchev–Trinajstić information content (AvgIpc) is 3.16. The Hall–Kier alpha value is -2.34. The van der Waals surface area contributed by atoms with Gasteiger partial charge in [-0.05, 0) is 31.1 Å². The number of hydrogen-bond acceptors (Lipinski definition) is 4. The minimum atomic E-state index is -0.347. The number of amides is 2. The highest BCUT2D eigenvalue weighted by atomic mass is 16.5. The molecule has 128 valence electrons. The highest BCUT2D eigenvalue weighted by Crippen LogP contribution is 2.27. The van der Waals surface area contributed by atoms with Crippen molar-refractivity contribution in [2.24, 2.45) is 0 Å². The largest absolute Gasteiger partial charge is 0.368 e. The molecule has 0 spiro atoms. The number of anilines is 2. The molecule has 1 N–H and O–H groups in total. The van der Waals surface area contributed by atoms with Gasteiger partial charge in [-0.15, -0.1) is 0 Å². The van der Waals surface area contributed by atoms with Gasteiger partial charge in [-0.3, -0.25) is 9.59 Å². The molecule has 2 fully saturated rings. The van der Waals surface area contributed by atoms with Crippen molar-refractivity contribution in [2.75, 3.05) is 43.0 Å². The topological polar surface area (TPSA) is 61.9 Å². The molecule has 6 nitrogen and oxygen atoms in total. The smallest absolute Gasteiger partial charge is 0.253 e. The summed E-state index contributed by atoms with van der Waals surface area (Å²) in [5.74, 6) is -0.116. The van der Waals surface area contributed by atoms with Gasteiger partial charge in [0.2, 0.25) is 5.91 Å². The third-order valence-corrected chi connectivity index (χ3v) is 4.49. The molecule has 2 aliphatic heterocycles. The van der Waals surface area contributed by atoms with E-state index >= 15 is 0 Å². The van der Waals surface area contributed by atoms with Gasteiger partial charge in [0.25, 0.3) is 5.91 Å². The van der Waals surface area contributed by atoms with Gasteiger partial charge in [0, 0.05) is 32.8 Å². The Kier molecular flexibility index (Phi) is 5.15. The molecule has 0 radical (unpaired) electrons. The fourth-order valence-corrected chi connectivity index (χ4v) is 3.15. The minimum Gasteiger partial charge on any atom is -0.368 e. The Labute approximate surface area is 142 Å². The second kappa shape index (κ2) is 7.49. The molecule has 1 aromatic carbocycles. The van der Waals surface area contributed by atoms with Gasteiger partial charge in [-0.1, -0.05) is 18.7 Å². The van der Waals surface area contributed by atoms with E-state index in [2.05, 4.69) is 16.8 Å². The minimum absolute atomic E-state index is 0.0328. The van der Waals surface area contributed by atoms with Gasteiger partial charge in [0.1, 0.15) is 6.10 Å². The van der Waals surface area contributed by atoms with Crippen LogP contribution in [0.4, 0.5) is 11.4 Å². The number of hydrogen-bond donors (Lipinski definition) is 1.